The molecule has 0 aliphatic carbocycles. The quantitative estimate of drug-likeness (QED) is 0.0269. The molecular formula is C70H62F8N4O5. The highest BCUT2D eigenvalue weighted by atomic mass is 19.4. The molecule has 1 N–H and O–H groups in total. The van der Waals surface area contributed by atoms with E-state index in [1.807, 2.05) is 101 Å². The molecular weight excluding hydrogens is 1130 g/mol. The van der Waals surface area contributed by atoms with E-state index in [4.69, 9.17) is 9.47 Å². The molecule has 0 aliphatic heterocycles. The maximum atomic E-state index is 15.8. The van der Waals surface area contributed by atoms with Crippen LogP contribution >= 0.6 is 0 Å². The number of aryl methyl sites for hydroxylation is 8. The van der Waals surface area contributed by atoms with E-state index in [1.165, 1.54) is 43.4 Å². The van der Waals surface area contributed by atoms with Gasteiger partial charge in [-0.05, 0) is 168 Å². The van der Waals surface area contributed by atoms with Crippen LogP contribution in [-0.2, 0) is 19.5 Å². The van der Waals surface area contributed by atoms with E-state index >= 15 is 35.1 Å². The van der Waals surface area contributed by atoms with Gasteiger partial charge in [-0.1, -0.05) is 78.3 Å². The van der Waals surface area contributed by atoms with Crippen molar-refractivity contribution in [2.24, 2.45) is 10.1 Å². The summed E-state index contributed by atoms with van der Waals surface area (Å²) in [5.74, 6) is -26.9. The average molecular weight is 1190 g/mol. The van der Waals surface area contributed by atoms with Crippen LogP contribution in [0.3, 0.4) is 0 Å². The third-order valence-corrected chi connectivity index (χ3v) is 16.3. The van der Waals surface area contributed by atoms with Gasteiger partial charge in [0.2, 0.25) is 0 Å². The molecule has 87 heavy (non-hydrogen) atoms. The number of ether oxygens (including phenoxy) is 2. The molecule has 2 heterocycles. The van der Waals surface area contributed by atoms with Crippen LogP contribution in [0, 0.1) is 34.6 Å². The summed E-state index contributed by atoms with van der Waals surface area (Å²) in [6.07, 6.45) is 0.796. The SMILES string of the molecule is CCc1cc(C)c(C(=O)c2ccc3c(c2)c2cc(/C(=N\O)c4ccccc4OCC(F)(F)C(F)(F)C(F)(F)C(F)(F)COc4ccccc4C(=NC)c4ccc5c(c4)c4cc(C(=O)c6c(C)cc(C)cc6C)ccc4n5CC)ccc2n3CC)c(C)c1. The van der Waals surface area contributed by atoms with Gasteiger partial charge in [-0.2, -0.15) is 35.1 Å². The fourth-order valence-electron chi connectivity index (χ4n) is 12.1. The number of rotatable bonds is 20. The van der Waals surface area contributed by atoms with Gasteiger partial charge in [0.15, 0.2) is 24.8 Å². The van der Waals surface area contributed by atoms with Gasteiger partial charge in [0, 0.05) is 108 Å². The number of carbonyl (C=O) groups excluding carboxylic acids is 2. The second kappa shape index (κ2) is 23.3. The molecule has 0 amide bonds. The third-order valence-electron chi connectivity index (χ3n) is 16.3. The standard InChI is InChI=1S/C70H62F8N4O5/c1-10-44-31-42(7)62(43(8)32-44)66(84)48-24-28-58-54(36-48)52-34-46(22-26-56(52)82(58)12-3)64(80-85)50-18-14-16-20-60(50)87-38-68(73,74)70(77,78)69(75,76)67(71,72)37-86-59-19-15-13-17-49(59)63(79-9)45-21-25-55-51(33-45)53-35-47(23-27-57(53)81(55)11-2)65(83)61-40(5)29-39(4)30-41(61)6/h13-36,85H,10-12,37-38H2,1-9H3/b79-63?,80-64+. The van der Waals surface area contributed by atoms with Crippen molar-refractivity contribution in [3.05, 3.63) is 223 Å². The molecule has 0 atom stereocenters. The Bertz CT molecular complexity index is 4410. The summed E-state index contributed by atoms with van der Waals surface area (Å²) in [6, 6.07) is 39.0. The number of aliphatic imine (C=N–C) groups is 1. The van der Waals surface area contributed by atoms with Crippen molar-refractivity contribution in [1.29, 1.82) is 0 Å². The number of halogens is 8. The van der Waals surface area contributed by atoms with Crippen molar-refractivity contribution in [3.63, 3.8) is 0 Å². The van der Waals surface area contributed by atoms with E-state index in [1.54, 1.807) is 60.7 Å². The number of nitrogens with zero attached hydrogens (tertiary/aromatic N) is 4. The molecule has 8 aromatic carbocycles. The monoisotopic (exact) mass is 1190 g/mol. The highest BCUT2D eigenvalue weighted by Crippen LogP contribution is 2.53. The van der Waals surface area contributed by atoms with Crippen molar-refractivity contribution >= 4 is 66.6 Å². The highest BCUT2D eigenvalue weighted by molar-refractivity contribution is 6.21. The first-order valence-corrected chi connectivity index (χ1v) is 28.4. The second-order valence-corrected chi connectivity index (χ2v) is 22.0. The second-order valence-electron chi connectivity index (χ2n) is 22.0. The van der Waals surface area contributed by atoms with Crippen molar-refractivity contribution < 1.29 is 59.4 Å². The Morgan fingerprint density at radius 3 is 1.18 bits per heavy atom. The minimum Gasteiger partial charge on any atom is -0.486 e. The molecule has 17 heteroatoms. The van der Waals surface area contributed by atoms with Gasteiger partial charge in [-0.25, -0.2) is 0 Å². The van der Waals surface area contributed by atoms with Gasteiger partial charge in [0.1, 0.15) is 17.2 Å². The van der Waals surface area contributed by atoms with Gasteiger partial charge in [-0.3, -0.25) is 14.6 Å². The predicted octanol–water partition coefficient (Wildman–Crippen LogP) is 17.2. The summed E-state index contributed by atoms with van der Waals surface area (Å²) < 4.78 is 141. The number of aromatic nitrogens is 2. The molecule has 9 nitrogen and oxygen atoms in total. The molecule has 10 rings (SSSR count). The number of benzene rings is 8. The van der Waals surface area contributed by atoms with Gasteiger partial charge >= 0.3 is 23.7 Å². The summed E-state index contributed by atoms with van der Waals surface area (Å²) in [5.41, 5.74) is 10.6. The number of hydrogen-bond donors (Lipinski definition) is 1. The lowest BCUT2D eigenvalue weighted by Crippen LogP contribution is -2.65. The minimum atomic E-state index is -6.75. The van der Waals surface area contributed by atoms with E-state index in [9.17, 15) is 14.8 Å². The van der Waals surface area contributed by atoms with Crippen LogP contribution in [0.15, 0.2) is 156 Å². The average Bonchev–Trinajstić information content (AvgIpc) is 1.74. The molecule has 0 radical (unpaired) electrons. The molecule has 10 aromatic rings. The minimum absolute atomic E-state index is 0.0126. The molecule has 0 aliphatic rings. The lowest BCUT2D eigenvalue weighted by Gasteiger charge is -2.36. The molecule has 448 valence electrons. The zero-order valence-electron chi connectivity index (χ0n) is 49.3. The zero-order valence-corrected chi connectivity index (χ0v) is 49.3. The van der Waals surface area contributed by atoms with Gasteiger partial charge in [-0.15, -0.1) is 0 Å². The fraction of sp³-hybridized carbons (Fsp3) is 0.257. The topological polar surface area (TPSA) is 107 Å². The van der Waals surface area contributed by atoms with Crippen LogP contribution in [-0.4, -0.2) is 81.3 Å². The van der Waals surface area contributed by atoms with Crippen molar-refractivity contribution in [2.45, 2.75) is 98.6 Å². The lowest BCUT2D eigenvalue weighted by molar-refractivity contribution is -0.371. The first kappa shape index (κ1) is 61.0. The number of fused-ring (bicyclic) bond motifs is 6. The smallest absolute Gasteiger partial charge is 0.381 e. The van der Waals surface area contributed by atoms with Crippen LogP contribution in [0.5, 0.6) is 11.5 Å². The van der Waals surface area contributed by atoms with Crippen molar-refractivity contribution in [2.75, 3.05) is 20.3 Å². The van der Waals surface area contributed by atoms with Gasteiger partial charge < -0.3 is 23.8 Å². The van der Waals surface area contributed by atoms with Crippen LogP contribution in [0.2, 0.25) is 0 Å². The van der Waals surface area contributed by atoms with E-state index in [2.05, 4.69) is 10.1 Å². The lowest BCUT2D eigenvalue weighted by atomic mass is 9.91. The number of hydrogen-bond acceptors (Lipinski definition) is 7. The summed E-state index contributed by atoms with van der Waals surface area (Å²) >= 11 is 0. The van der Waals surface area contributed by atoms with E-state index in [0.717, 1.165) is 79.4 Å². The Balaban J connectivity index is 0.884. The molecule has 0 saturated carbocycles. The summed E-state index contributed by atoms with van der Waals surface area (Å²) in [4.78, 5) is 32.5. The van der Waals surface area contributed by atoms with Crippen molar-refractivity contribution in [1.82, 2.24) is 9.13 Å². The largest absolute Gasteiger partial charge is 0.486 e. The predicted molar refractivity (Wildman–Crippen MR) is 326 cm³/mol. The zero-order chi connectivity index (χ0) is 62.7. The molecule has 0 spiro atoms. The first-order valence-electron chi connectivity index (χ1n) is 28.4. The Hall–Kier alpha value is -9.12. The summed E-state index contributed by atoms with van der Waals surface area (Å²) in [5, 5.41) is 16.6. The molecule has 2 aromatic heterocycles. The molecule has 0 fully saturated rings. The van der Waals surface area contributed by atoms with E-state index in [-0.39, 0.29) is 39.7 Å². The van der Waals surface area contributed by atoms with Crippen LogP contribution in [0.1, 0.15) is 108 Å². The Kier molecular flexibility index (Phi) is 16.3. The number of para-hydroxylation sites is 2. The number of carbonyl (C=O) groups is 2. The molecule has 0 unspecified atom stereocenters. The van der Waals surface area contributed by atoms with Gasteiger partial charge in [0.05, 0.1) is 5.71 Å². The van der Waals surface area contributed by atoms with E-state index in [0.29, 0.717) is 57.1 Å². The van der Waals surface area contributed by atoms with Crippen LogP contribution in [0.25, 0.3) is 43.6 Å². The molecule has 0 bridgehead atoms. The van der Waals surface area contributed by atoms with Gasteiger partial charge in [0.25, 0.3) is 0 Å². The van der Waals surface area contributed by atoms with E-state index < -0.39 is 48.4 Å². The molecule has 0 saturated heterocycles. The third kappa shape index (κ3) is 10.6. The highest BCUT2D eigenvalue weighted by Gasteiger charge is 2.81. The van der Waals surface area contributed by atoms with Crippen LogP contribution < -0.4 is 9.47 Å². The maximum Gasteiger partial charge on any atom is 0.381 e. The summed E-state index contributed by atoms with van der Waals surface area (Å²) in [7, 11) is 1.39. The number of alkyl halides is 8. The normalized spacial score (nSPS) is 12.9. The Morgan fingerprint density at radius 1 is 0.471 bits per heavy atom. The Morgan fingerprint density at radius 2 is 0.816 bits per heavy atom. The Labute approximate surface area is 497 Å². The van der Waals surface area contributed by atoms with Crippen LogP contribution in [0.4, 0.5) is 35.1 Å². The number of oxime groups is 1. The van der Waals surface area contributed by atoms with Crippen molar-refractivity contribution in [3.8, 4) is 11.5 Å². The number of ketones is 2. The summed E-state index contributed by atoms with van der Waals surface area (Å²) in [6.45, 7) is 11.5. The fourth-order valence-corrected chi connectivity index (χ4v) is 12.1. The maximum absolute atomic E-state index is 15.8. The first-order chi connectivity index (χ1) is 41.3.